The van der Waals surface area contributed by atoms with E-state index in [0.717, 1.165) is 19.6 Å². The predicted octanol–water partition coefficient (Wildman–Crippen LogP) is 2.75. The molecule has 0 amide bonds. The van der Waals surface area contributed by atoms with Crippen LogP contribution < -0.4 is 18.9 Å². The second-order valence-electron chi connectivity index (χ2n) is 5.99. The molecule has 1 aliphatic heterocycles. The van der Waals surface area contributed by atoms with Gasteiger partial charge in [0, 0.05) is 11.8 Å². The summed E-state index contributed by atoms with van der Waals surface area (Å²) in [7, 11) is 0. The molecule has 0 spiro atoms. The van der Waals surface area contributed by atoms with Gasteiger partial charge in [0.25, 0.3) is 0 Å². The summed E-state index contributed by atoms with van der Waals surface area (Å²) < 4.78 is 0. The smallest absolute Gasteiger partial charge is 0.446 e. The van der Waals surface area contributed by atoms with E-state index >= 15 is 0 Å². The van der Waals surface area contributed by atoms with E-state index < -0.39 is 0 Å². The van der Waals surface area contributed by atoms with Crippen LogP contribution in [-0.2, 0) is 4.79 Å². The Morgan fingerprint density at radius 3 is 2.50 bits per heavy atom. The zero-order chi connectivity index (χ0) is 19.5. The minimum absolute atomic E-state index is 0. The molecule has 0 N–H and O–H groups in total. The standard InChI is InChI=1S/C20H19ClN2OS.C2H5.Li/c21-18-8-9-19(17(12-18)14-24)22-15-25-20(13-23-10-4-5-11-23)16-6-2-1-3-7-16;1-2;/h1-3,6-9,12,20H,4-5,10-11,13H2;1H2,2H3;/q-2;-1;+1. The summed E-state index contributed by atoms with van der Waals surface area (Å²) in [5.41, 5.74) is 5.23. The third-order valence-corrected chi connectivity index (χ3v) is 5.36. The van der Waals surface area contributed by atoms with Crippen molar-refractivity contribution in [2.45, 2.75) is 25.0 Å². The van der Waals surface area contributed by atoms with Gasteiger partial charge in [-0.2, -0.15) is 12.5 Å². The van der Waals surface area contributed by atoms with E-state index in [1.165, 1.54) is 18.4 Å². The molecule has 1 unspecified atom stereocenters. The van der Waals surface area contributed by atoms with Crippen molar-refractivity contribution < 1.29 is 23.7 Å². The molecule has 1 saturated heterocycles. The minimum Gasteiger partial charge on any atom is -0.446 e. The number of rotatable bonds is 7. The Morgan fingerprint density at radius 2 is 1.86 bits per heavy atom. The number of hydrogen-bond donors (Lipinski definition) is 0. The SMILES string of the molecule is O=[C-]c1cc(Cl)ccc1N=[C-]SC(CN1CCCC1)c1ccccc1.[CH2-]C.[Li+]. The van der Waals surface area contributed by atoms with Crippen molar-refractivity contribution in [1.29, 1.82) is 0 Å². The number of benzene rings is 2. The van der Waals surface area contributed by atoms with Crippen LogP contribution in [0.15, 0.2) is 53.5 Å². The molecule has 0 bridgehead atoms. The fourth-order valence-electron chi connectivity index (χ4n) is 2.90. The molecule has 144 valence electrons. The van der Waals surface area contributed by atoms with E-state index in [4.69, 9.17) is 11.6 Å². The molecule has 1 fully saturated rings. The maximum absolute atomic E-state index is 11.0. The third kappa shape index (κ3) is 7.77. The maximum atomic E-state index is 11.0. The zero-order valence-electron chi connectivity index (χ0n) is 16.5. The molecule has 28 heavy (non-hydrogen) atoms. The minimum atomic E-state index is 0. The van der Waals surface area contributed by atoms with Gasteiger partial charge in [0.05, 0.1) is 6.29 Å². The number of halogens is 1. The fourth-order valence-corrected chi connectivity index (χ4v) is 3.93. The van der Waals surface area contributed by atoms with Gasteiger partial charge in [0.15, 0.2) is 0 Å². The van der Waals surface area contributed by atoms with E-state index in [2.05, 4.69) is 46.6 Å². The molecule has 2 aromatic rings. The number of nitrogens with zero attached hydrogens (tertiary/aromatic N) is 2. The first-order chi connectivity index (χ1) is 13.3. The Kier molecular flexibility index (Phi) is 12.5. The molecule has 6 heteroatoms. The topological polar surface area (TPSA) is 32.7 Å². The summed E-state index contributed by atoms with van der Waals surface area (Å²) in [6, 6.07) is 15.4. The largest absolute Gasteiger partial charge is 1.00 e. The van der Waals surface area contributed by atoms with Gasteiger partial charge < -0.3 is 21.6 Å². The van der Waals surface area contributed by atoms with Gasteiger partial charge in [-0.1, -0.05) is 48.0 Å². The van der Waals surface area contributed by atoms with Gasteiger partial charge in [-0.15, -0.1) is 23.4 Å². The molecular formula is C22H24ClLiN2OS-2. The first-order valence-electron chi connectivity index (χ1n) is 9.03. The molecule has 3 nitrogen and oxygen atoms in total. The molecular weight excluding hydrogens is 383 g/mol. The quantitative estimate of drug-likeness (QED) is 0.307. The molecule has 1 aliphatic rings. The molecule has 0 aromatic heterocycles. The Morgan fingerprint density at radius 1 is 1.18 bits per heavy atom. The van der Waals surface area contributed by atoms with E-state index in [1.807, 2.05) is 12.4 Å². The molecule has 2 aromatic carbocycles. The monoisotopic (exact) mass is 406 g/mol. The average Bonchev–Trinajstić information content (AvgIpc) is 3.23. The Bertz CT molecular complexity index is 737. The van der Waals surface area contributed by atoms with Crippen molar-refractivity contribution in [1.82, 2.24) is 4.90 Å². The zero-order valence-corrected chi connectivity index (χ0v) is 18.1. The predicted molar refractivity (Wildman–Crippen MR) is 117 cm³/mol. The van der Waals surface area contributed by atoms with Crippen LogP contribution in [0, 0.1) is 6.92 Å². The summed E-state index contributed by atoms with van der Waals surface area (Å²) in [6.07, 6.45) is 4.42. The summed E-state index contributed by atoms with van der Waals surface area (Å²) in [6.45, 7) is 8.29. The summed E-state index contributed by atoms with van der Waals surface area (Å²) in [5, 5.41) is 0.764. The van der Waals surface area contributed by atoms with Crippen LogP contribution >= 0.6 is 23.4 Å². The van der Waals surface area contributed by atoms with Crippen LogP contribution in [0.4, 0.5) is 5.69 Å². The van der Waals surface area contributed by atoms with Gasteiger partial charge in [0.2, 0.25) is 0 Å². The van der Waals surface area contributed by atoms with Crippen molar-refractivity contribution in [3.63, 3.8) is 0 Å². The third-order valence-electron chi connectivity index (χ3n) is 4.22. The Balaban J connectivity index is 0.00000127. The van der Waals surface area contributed by atoms with Crippen LogP contribution in [0.3, 0.4) is 0 Å². The second kappa shape index (κ2) is 14.0. The average molecular weight is 407 g/mol. The van der Waals surface area contributed by atoms with Gasteiger partial charge >= 0.3 is 18.9 Å². The van der Waals surface area contributed by atoms with Gasteiger partial charge in [-0.25, -0.2) is 11.8 Å². The van der Waals surface area contributed by atoms with Crippen molar-refractivity contribution >= 4 is 40.9 Å². The van der Waals surface area contributed by atoms with Crippen LogP contribution in [0.1, 0.15) is 36.1 Å². The van der Waals surface area contributed by atoms with E-state index in [0.29, 0.717) is 16.3 Å². The second-order valence-corrected chi connectivity index (χ2v) is 7.42. The van der Waals surface area contributed by atoms with Gasteiger partial charge in [-0.05, 0) is 36.5 Å². The Labute approximate surface area is 190 Å². The van der Waals surface area contributed by atoms with Crippen LogP contribution in [0.5, 0.6) is 0 Å². The molecule has 0 radical (unpaired) electrons. The number of thioether (sulfide) groups is 1. The van der Waals surface area contributed by atoms with E-state index in [1.54, 1.807) is 36.9 Å². The van der Waals surface area contributed by atoms with Gasteiger partial charge in [0.1, 0.15) is 0 Å². The first-order valence-corrected chi connectivity index (χ1v) is 10.3. The van der Waals surface area contributed by atoms with Crippen molar-refractivity contribution in [2.75, 3.05) is 19.6 Å². The van der Waals surface area contributed by atoms with Crippen LogP contribution in [0.2, 0.25) is 5.02 Å². The molecule has 1 heterocycles. The normalized spacial score (nSPS) is 14.8. The Hall–Kier alpha value is -1.02. The first kappa shape index (κ1) is 25.0. The summed E-state index contributed by atoms with van der Waals surface area (Å²) in [4.78, 5) is 17.9. The van der Waals surface area contributed by atoms with E-state index in [-0.39, 0.29) is 24.1 Å². The number of carbonyl (C=O) groups excluding carboxylic acids is 1. The van der Waals surface area contributed by atoms with Crippen molar-refractivity contribution in [2.24, 2.45) is 4.99 Å². The van der Waals surface area contributed by atoms with E-state index in [9.17, 15) is 4.79 Å². The molecule has 0 aliphatic carbocycles. The van der Waals surface area contributed by atoms with Crippen LogP contribution in [0.25, 0.3) is 0 Å². The number of aliphatic imine (C=N–C) groups is 1. The molecule has 0 saturated carbocycles. The van der Waals surface area contributed by atoms with Crippen molar-refractivity contribution in [3.05, 3.63) is 71.6 Å². The summed E-state index contributed by atoms with van der Waals surface area (Å²) in [5.74, 6) is 0. The number of hydrogen-bond acceptors (Lipinski definition) is 4. The molecule has 1 atom stereocenters. The molecule has 3 rings (SSSR count). The van der Waals surface area contributed by atoms with Gasteiger partial charge in [-0.3, -0.25) is 0 Å². The van der Waals surface area contributed by atoms with Crippen LogP contribution in [-0.4, -0.2) is 36.4 Å². The fraction of sp³-hybridized carbons (Fsp3) is 0.318. The summed E-state index contributed by atoms with van der Waals surface area (Å²) >= 11 is 7.46. The number of likely N-dealkylation sites (tertiary alicyclic amines) is 1. The van der Waals surface area contributed by atoms with Crippen molar-refractivity contribution in [3.8, 4) is 0 Å². The maximum Gasteiger partial charge on any atom is 1.00 e.